The van der Waals surface area contributed by atoms with E-state index in [0.717, 1.165) is 42.6 Å². The van der Waals surface area contributed by atoms with Crippen LogP contribution in [-0.4, -0.2) is 14.3 Å². The lowest BCUT2D eigenvalue weighted by molar-refractivity contribution is 0.346. The second kappa shape index (κ2) is 8.11. The molecule has 2 aromatic heterocycles. The van der Waals surface area contributed by atoms with Crippen LogP contribution in [0.15, 0.2) is 10.9 Å². The minimum absolute atomic E-state index is 0.0126. The van der Waals surface area contributed by atoms with Gasteiger partial charge in [-0.15, -0.1) is 0 Å². The summed E-state index contributed by atoms with van der Waals surface area (Å²) in [7, 11) is 0. The summed E-state index contributed by atoms with van der Waals surface area (Å²) in [5.74, 6) is -10.8. The van der Waals surface area contributed by atoms with Crippen LogP contribution < -0.4 is 16.1 Å². The molecule has 1 aliphatic rings. The SMILES string of the molecule is C=c1[nH]n(-c2c(F)c(F)c(F)c(F)c2F)c(=O)/c1=C/c1cc(C)n(C2CCCCC2)c1C. The van der Waals surface area contributed by atoms with E-state index in [9.17, 15) is 26.7 Å². The van der Waals surface area contributed by atoms with Crippen LogP contribution >= 0.6 is 0 Å². The van der Waals surface area contributed by atoms with E-state index >= 15 is 0 Å². The van der Waals surface area contributed by atoms with Crippen molar-refractivity contribution in [3.63, 3.8) is 0 Å². The van der Waals surface area contributed by atoms with Crippen molar-refractivity contribution in [3.05, 3.63) is 73.0 Å². The van der Waals surface area contributed by atoms with Crippen LogP contribution in [0.4, 0.5) is 22.0 Å². The fraction of sp³-hybridized carbons (Fsp3) is 0.348. The highest BCUT2D eigenvalue weighted by molar-refractivity contribution is 5.54. The predicted molar refractivity (Wildman–Crippen MR) is 111 cm³/mol. The first kappa shape index (κ1) is 22.1. The van der Waals surface area contributed by atoms with Crippen LogP contribution in [-0.2, 0) is 0 Å². The summed E-state index contributed by atoms with van der Waals surface area (Å²) in [6.07, 6.45) is 7.15. The molecule has 170 valence electrons. The molecule has 4 nitrogen and oxygen atoms in total. The molecule has 1 aromatic carbocycles. The van der Waals surface area contributed by atoms with Crippen LogP contribution in [0.5, 0.6) is 0 Å². The Morgan fingerprint density at radius 2 is 1.53 bits per heavy atom. The summed E-state index contributed by atoms with van der Waals surface area (Å²) in [5, 5.41) is 2.29. The van der Waals surface area contributed by atoms with E-state index in [1.54, 1.807) is 0 Å². The van der Waals surface area contributed by atoms with Crippen molar-refractivity contribution < 1.29 is 22.0 Å². The number of benzene rings is 1. The first-order valence-corrected chi connectivity index (χ1v) is 10.4. The quantitative estimate of drug-likeness (QED) is 0.365. The molecule has 0 radical (unpaired) electrons. The summed E-state index contributed by atoms with van der Waals surface area (Å²) in [6.45, 7) is 7.56. The van der Waals surface area contributed by atoms with Gasteiger partial charge in [-0.1, -0.05) is 25.8 Å². The fourth-order valence-corrected chi connectivity index (χ4v) is 4.60. The molecule has 0 saturated heterocycles. The minimum Gasteiger partial charge on any atom is -0.346 e. The number of hydrogen-bond donors (Lipinski definition) is 1. The number of hydrogen-bond acceptors (Lipinski definition) is 1. The molecule has 1 saturated carbocycles. The Kier molecular flexibility index (Phi) is 5.60. The zero-order valence-electron chi connectivity index (χ0n) is 17.7. The molecule has 3 aromatic rings. The van der Waals surface area contributed by atoms with Gasteiger partial charge >= 0.3 is 0 Å². The summed E-state index contributed by atoms with van der Waals surface area (Å²) < 4.78 is 71.6. The van der Waals surface area contributed by atoms with Gasteiger partial charge in [0, 0.05) is 17.4 Å². The standard InChI is InChI=1S/C23H22F5N3O/c1-11-9-14(13(3)30(11)15-7-5-4-6-8-15)10-16-12(2)29-31(23(16)32)22-20(27)18(25)17(24)19(26)21(22)28/h9-10,15,29H,2,4-8H2,1,3H3/b16-10+. The number of H-pyrrole nitrogens is 1. The van der Waals surface area contributed by atoms with Crippen molar-refractivity contribution in [1.82, 2.24) is 14.3 Å². The van der Waals surface area contributed by atoms with E-state index < -0.39 is 40.3 Å². The molecule has 1 fully saturated rings. The number of nitrogens with one attached hydrogen (secondary N) is 1. The summed E-state index contributed by atoms with van der Waals surface area (Å²) in [5.41, 5.74) is 0.321. The van der Waals surface area contributed by atoms with Gasteiger partial charge < -0.3 is 4.57 Å². The molecule has 0 aliphatic heterocycles. The minimum atomic E-state index is -2.29. The topological polar surface area (TPSA) is 42.7 Å². The highest BCUT2D eigenvalue weighted by Gasteiger charge is 2.28. The van der Waals surface area contributed by atoms with Crippen LogP contribution in [0.1, 0.15) is 55.1 Å². The molecule has 0 spiro atoms. The maximum atomic E-state index is 14.2. The number of aryl methyl sites for hydroxylation is 1. The largest absolute Gasteiger partial charge is 0.346 e. The van der Waals surface area contributed by atoms with Gasteiger partial charge in [0.2, 0.25) is 5.82 Å². The third-order valence-electron chi connectivity index (χ3n) is 6.18. The predicted octanol–water partition coefficient (Wildman–Crippen LogP) is 4.02. The van der Waals surface area contributed by atoms with Crippen molar-refractivity contribution in [1.29, 1.82) is 0 Å². The molecule has 0 amide bonds. The molecule has 9 heteroatoms. The van der Waals surface area contributed by atoms with Crippen molar-refractivity contribution in [2.45, 2.75) is 52.0 Å². The van der Waals surface area contributed by atoms with Crippen molar-refractivity contribution in [3.8, 4) is 5.69 Å². The lowest BCUT2D eigenvalue weighted by Gasteiger charge is -2.26. The van der Waals surface area contributed by atoms with Gasteiger partial charge in [-0.05, 0) is 44.4 Å². The molecule has 1 N–H and O–H groups in total. The van der Waals surface area contributed by atoms with Crippen molar-refractivity contribution >= 4 is 12.7 Å². The highest BCUT2D eigenvalue weighted by atomic mass is 19.2. The molecular weight excluding hydrogens is 429 g/mol. The molecule has 0 unspecified atom stereocenters. The number of halogens is 5. The van der Waals surface area contributed by atoms with Crippen LogP contribution in [0.2, 0.25) is 0 Å². The van der Waals surface area contributed by atoms with E-state index in [1.807, 2.05) is 19.9 Å². The Labute approximate surface area is 180 Å². The highest BCUT2D eigenvalue weighted by Crippen LogP contribution is 2.32. The lowest BCUT2D eigenvalue weighted by atomic mass is 9.95. The van der Waals surface area contributed by atoms with Gasteiger partial charge in [-0.2, -0.15) is 0 Å². The molecule has 0 bridgehead atoms. The smallest absolute Gasteiger partial charge is 0.279 e. The normalized spacial score (nSPS) is 15.7. The van der Waals surface area contributed by atoms with Crippen molar-refractivity contribution in [2.75, 3.05) is 0 Å². The monoisotopic (exact) mass is 451 g/mol. The van der Waals surface area contributed by atoms with Gasteiger partial charge in [0.05, 0.1) is 10.6 Å². The molecule has 0 atom stereocenters. The van der Waals surface area contributed by atoms with E-state index in [1.165, 1.54) is 12.5 Å². The maximum Gasteiger partial charge on any atom is 0.279 e. The number of rotatable bonds is 3. The van der Waals surface area contributed by atoms with E-state index in [4.69, 9.17) is 0 Å². The second-order valence-electron chi connectivity index (χ2n) is 8.20. The van der Waals surface area contributed by atoms with E-state index in [2.05, 4.69) is 16.2 Å². The fourth-order valence-electron chi connectivity index (χ4n) is 4.60. The molecule has 4 rings (SSSR count). The Morgan fingerprint density at radius 3 is 2.12 bits per heavy atom. The van der Waals surface area contributed by atoms with Crippen LogP contribution in [0.25, 0.3) is 18.3 Å². The Bertz CT molecular complexity index is 1350. The Morgan fingerprint density at radius 1 is 0.969 bits per heavy atom. The number of nitrogens with zero attached hydrogens (tertiary/aromatic N) is 2. The van der Waals surface area contributed by atoms with Crippen molar-refractivity contribution in [2.24, 2.45) is 0 Å². The van der Waals surface area contributed by atoms with Crippen LogP contribution in [0.3, 0.4) is 0 Å². The second-order valence-corrected chi connectivity index (χ2v) is 8.20. The maximum absolute atomic E-state index is 14.2. The first-order chi connectivity index (χ1) is 15.1. The van der Waals surface area contributed by atoms with Gasteiger partial charge in [0.15, 0.2) is 23.3 Å². The lowest BCUT2D eigenvalue weighted by Crippen LogP contribution is -2.34. The van der Waals surface area contributed by atoms with Gasteiger partial charge in [0.25, 0.3) is 5.56 Å². The molecule has 32 heavy (non-hydrogen) atoms. The van der Waals surface area contributed by atoms with E-state index in [0.29, 0.717) is 10.7 Å². The number of aromatic amines is 1. The summed E-state index contributed by atoms with van der Waals surface area (Å²) in [4.78, 5) is 12.9. The summed E-state index contributed by atoms with van der Waals surface area (Å²) >= 11 is 0. The Balaban J connectivity index is 1.88. The summed E-state index contributed by atoms with van der Waals surface area (Å²) in [6, 6.07) is 2.26. The average molecular weight is 451 g/mol. The van der Waals surface area contributed by atoms with Gasteiger partial charge in [0.1, 0.15) is 5.69 Å². The molecular formula is C23H22F5N3O. The molecule has 2 heterocycles. The zero-order chi connectivity index (χ0) is 23.3. The van der Waals surface area contributed by atoms with E-state index in [-0.39, 0.29) is 10.6 Å². The van der Waals surface area contributed by atoms with Crippen LogP contribution in [0, 0.1) is 42.9 Å². The first-order valence-electron chi connectivity index (χ1n) is 10.4. The zero-order valence-corrected chi connectivity index (χ0v) is 17.7. The molecule has 1 aliphatic carbocycles. The third kappa shape index (κ3) is 3.40. The van der Waals surface area contributed by atoms with Gasteiger partial charge in [-0.25, -0.2) is 26.6 Å². The Hall–Kier alpha value is -3.10. The number of aromatic nitrogens is 3. The third-order valence-corrected chi connectivity index (χ3v) is 6.18. The average Bonchev–Trinajstić information content (AvgIpc) is 3.21. The van der Waals surface area contributed by atoms with Gasteiger partial charge in [-0.3, -0.25) is 9.89 Å².